The van der Waals surface area contributed by atoms with Gasteiger partial charge in [-0.1, -0.05) is 18.2 Å². The summed E-state index contributed by atoms with van der Waals surface area (Å²) in [5.74, 6) is 0.0387. The van der Waals surface area contributed by atoms with Gasteiger partial charge in [0.1, 0.15) is 0 Å². The maximum atomic E-state index is 12.0. The number of anilines is 1. The summed E-state index contributed by atoms with van der Waals surface area (Å²) in [5.41, 5.74) is 10.9. The Hall–Kier alpha value is -2.64. The SMILES string of the molecule is CC(=O)N1c2ccc(-c3ccc(C#N)cc3)cc2C(N)CC1C. The zero-order valence-corrected chi connectivity index (χ0v) is 13.3. The van der Waals surface area contributed by atoms with Crippen molar-refractivity contribution in [3.05, 3.63) is 53.6 Å². The third-order valence-electron chi connectivity index (χ3n) is 4.41. The normalized spacial score (nSPS) is 19.8. The van der Waals surface area contributed by atoms with E-state index in [1.54, 1.807) is 19.1 Å². The van der Waals surface area contributed by atoms with E-state index < -0.39 is 0 Å². The van der Waals surface area contributed by atoms with Gasteiger partial charge < -0.3 is 10.6 Å². The molecule has 2 N–H and O–H groups in total. The Morgan fingerprint density at radius 3 is 2.48 bits per heavy atom. The van der Waals surface area contributed by atoms with Crippen LogP contribution in [0.2, 0.25) is 0 Å². The first-order chi connectivity index (χ1) is 11.0. The summed E-state index contributed by atoms with van der Waals surface area (Å²) < 4.78 is 0. The smallest absolute Gasteiger partial charge is 0.224 e. The van der Waals surface area contributed by atoms with Gasteiger partial charge in [0.05, 0.1) is 11.6 Å². The summed E-state index contributed by atoms with van der Waals surface area (Å²) in [5, 5.41) is 8.89. The minimum Gasteiger partial charge on any atom is -0.324 e. The lowest BCUT2D eigenvalue weighted by Gasteiger charge is -2.37. The van der Waals surface area contributed by atoms with Crippen molar-refractivity contribution in [1.29, 1.82) is 5.26 Å². The Morgan fingerprint density at radius 2 is 1.87 bits per heavy atom. The van der Waals surface area contributed by atoms with Gasteiger partial charge >= 0.3 is 0 Å². The van der Waals surface area contributed by atoms with Crippen molar-refractivity contribution in [3.63, 3.8) is 0 Å². The van der Waals surface area contributed by atoms with Crippen molar-refractivity contribution in [2.75, 3.05) is 4.90 Å². The lowest BCUT2D eigenvalue weighted by molar-refractivity contribution is -0.117. The van der Waals surface area contributed by atoms with Crippen LogP contribution in [-0.2, 0) is 4.79 Å². The first kappa shape index (κ1) is 15.3. The molecule has 0 fully saturated rings. The zero-order valence-electron chi connectivity index (χ0n) is 13.3. The summed E-state index contributed by atoms with van der Waals surface area (Å²) in [6.07, 6.45) is 0.753. The van der Waals surface area contributed by atoms with E-state index in [4.69, 9.17) is 11.0 Å². The Kier molecular flexibility index (Phi) is 3.89. The molecule has 3 rings (SSSR count). The van der Waals surface area contributed by atoms with Gasteiger partial charge in [-0.2, -0.15) is 5.26 Å². The highest BCUT2D eigenvalue weighted by Crippen LogP contribution is 2.38. The van der Waals surface area contributed by atoms with Crippen LogP contribution in [0.5, 0.6) is 0 Å². The molecule has 2 atom stereocenters. The Labute approximate surface area is 136 Å². The molecule has 1 aliphatic heterocycles. The highest BCUT2D eigenvalue weighted by atomic mass is 16.2. The fourth-order valence-electron chi connectivity index (χ4n) is 3.30. The van der Waals surface area contributed by atoms with E-state index in [1.807, 2.05) is 36.1 Å². The van der Waals surface area contributed by atoms with Crippen LogP contribution in [0, 0.1) is 11.3 Å². The number of amides is 1. The van der Waals surface area contributed by atoms with Crippen molar-refractivity contribution in [2.24, 2.45) is 5.73 Å². The number of hydrogen-bond donors (Lipinski definition) is 1. The van der Waals surface area contributed by atoms with Gasteiger partial charge in [-0.05, 0) is 54.3 Å². The molecule has 0 aliphatic carbocycles. The molecule has 116 valence electrons. The average molecular weight is 305 g/mol. The van der Waals surface area contributed by atoms with E-state index in [0.29, 0.717) is 5.56 Å². The summed E-state index contributed by atoms with van der Waals surface area (Å²) in [6.45, 7) is 3.62. The maximum Gasteiger partial charge on any atom is 0.224 e. The van der Waals surface area contributed by atoms with Crippen molar-refractivity contribution in [3.8, 4) is 17.2 Å². The molecule has 0 aromatic heterocycles. The van der Waals surface area contributed by atoms with Gasteiger partial charge in [0.2, 0.25) is 5.91 Å². The first-order valence-electron chi connectivity index (χ1n) is 7.71. The van der Waals surface area contributed by atoms with Crippen molar-refractivity contribution in [1.82, 2.24) is 0 Å². The van der Waals surface area contributed by atoms with E-state index in [2.05, 4.69) is 12.1 Å². The number of rotatable bonds is 1. The lowest BCUT2D eigenvalue weighted by atomic mass is 9.89. The Bertz CT molecular complexity index is 789. The van der Waals surface area contributed by atoms with Gasteiger partial charge in [0, 0.05) is 24.7 Å². The molecule has 1 amide bonds. The molecule has 0 bridgehead atoms. The molecule has 0 spiro atoms. The lowest BCUT2D eigenvalue weighted by Crippen LogP contribution is -2.43. The standard InChI is InChI=1S/C19H19N3O/c1-12-9-18(21)17-10-16(7-8-19(17)22(12)13(2)23)15-5-3-14(11-20)4-6-15/h3-8,10,12,18H,9,21H2,1-2H3. The van der Waals surface area contributed by atoms with Crippen LogP contribution in [0.4, 0.5) is 5.69 Å². The van der Waals surface area contributed by atoms with Gasteiger partial charge in [0.25, 0.3) is 0 Å². The van der Waals surface area contributed by atoms with Gasteiger partial charge in [-0.15, -0.1) is 0 Å². The largest absolute Gasteiger partial charge is 0.324 e. The van der Waals surface area contributed by atoms with Gasteiger partial charge in [-0.25, -0.2) is 0 Å². The number of benzene rings is 2. The van der Waals surface area contributed by atoms with Gasteiger partial charge in [0.15, 0.2) is 0 Å². The second-order valence-corrected chi connectivity index (χ2v) is 6.04. The van der Waals surface area contributed by atoms with E-state index in [9.17, 15) is 4.79 Å². The van der Waals surface area contributed by atoms with Gasteiger partial charge in [-0.3, -0.25) is 4.79 Å². The molecule has 4 heteroatoms. The van der Waals surface area contributed by atoms with Crippen LogP contribution in [0.15, 0.2) is 42.5 Å². The molecule has 2 aromatic rings. The second kappa shape index (κ2) is 5.86. The Balaban J connectivity index is 2.06. The third-order valence-corrected chi connectivity index (χ3v) is 4.41. The minimum atomic E-state index is -0.0751. The molecule has 23 heavy (non-hydrogen) atoms. The highest BCUT2D eigenvalue weighted by molar-refractivity contribution is 5.94. The zero-order chi connectivity index (χ0) is 16.6. The van der Waals surface area contributed by atoms with Crippen LogP contribution in [0.1, 0.15) is 37.4 Å². The monoisotopic (exact) mass is 305 g/mol. The fourth-order valence-corrected chi connectivity index (χ4v) is 3.30. The highest BCUT2D eigenvalue weighted by Gasteiger charge is 2.30. The number of nitriles is 1. The second-order valence-electron chi connectivity index (χ2n) is 6.04. The van der Waals surface area contributed by atoms with Crippen LogP contribution >= 0.6 is 0 Å². The molecule has 0 radical (unpaired) electrons. The summed E-state index contributed by atoms with van der Waals surface area (Å²) in [4.78, 5) is 13.8. The molecule has 1 aliphatic rings. The van der Waals surface area contributed by atoms with Crippen molar-refractivity contribution < 1.29 is 4.79 Å². The first-order valence-corrected chi connectivity index (χ1v) is 7.71. The summed E-state index contributed by atoms with van der Waals surface area (Å²) >= 11 is 0. The predicted octanol–water partition coefficient (Wildman–Crippen LogP) is 3.37. The topological polar surface area (TPSA) is 70.1 Å². The molecule has 0 saturated heterocycles. The number of carbonyl (C=O) groups is 1. The van der Waals surface area contributed by atoms with Crippen molar-refractivity contribution >= 4 is 11.6 Å². The summed E-state index contributed by atoms with van der Waals surface area (Å²) in [7, 11) is 0. The Morgan fingerprint density at radius 1 is 1.22 bits per heavy atom. The van der Waals surface area contributed by atoms with Crippen LogP contribution in [-0.4, -0.2) is 11.9 Å². The molecular weight excluding hydrogens is 286 g/mol. The number of nitrogens with two attached hydrogens (primary N) is 1. The maximum absolute atomic E-state index is 12.0. The van der Waals surface area contributed by atoms with Crippen molar-refractivity contribution in [2.45, 2.75) is 32.4 Å². The van der Waals surface area contributed by atoms with E-state index in [1.165, 1.54) is 0 Å². The summed E-state index contributed by atoms with van der Waals surface area (Å²) in [6, 6.07) is 15.7. The van der Waals surface area contributed by atoms with E-state index in [0.717, 1.165) is 28.8 Å². The minimum absolute atomic E-state index is 0.0387. The van der Waals surface area contributed by atoms with Crippen LogP contribution in [0.3, 0.4) is 0 Å². The molecular formula is C19H19N3O. The number of fused-ring (bicyclic) bond motifs is 1. The van der Waals surface area contributed by atoms with E-state index >= 15 is 0 Å². The fraction of sp³-hybridized carbons (Fsp3) is 0.263. The number of nitrogens with zero attached hydrogens (tertiary/aromatic N) is 2. The molecule has 2 aromatic carbocycles. The quantitative estimate of drug-likeness (QED) is 0.878. The van der Waals surface area contributed by atoms with Crippen LogP contribution in [0.25, 0.3) is 11.1 Å². The number of hydrogen-bond acceptors (Lipinski definition) is 3. The van der Waals surface area contributed by atoms with Crippen LogP contribution < -0.4 is 10.6 Å². The molecule has 0 saturated carbocycles. The van der Waals surface area contributed by atoms with E-state index in [-0.39, 0.29) is 18.0 Å². The molecule has 4 nitrogen and oxygen atoms in total. The third kappa shape index (κ3) is 2.71. The molecule has 2 unspecified atom stereocenters. The molecule has 1 heterocycles. The predicted molar refractivity (Wildman–Crippen MR) is 90.8 cm³/mol. The number of carbonyl (C=O) groups excluding carboxylic acids is 1. The average Bonchev–Trinajstić information content (AvgIpc) is 2.54.